The zero-order valence-corrected chi connectivity index (χ0v) is 39.1. The van der Waals surface area contributed by atoms with Gasteiger partial charge in [0.25, 0.3) is 0 Å². The Labute approximate surface area is 401 Å². The van der Waals surface area contributed by atoms with Gasteiger partial charge in [0, 0.05) is 86.2 Å². The highest BCUT2D eigenvalue weighted by Gasteiger charge is 2.53. The number of carbonyl (C=O) groups is 2. The second kappa shape index (κ2) is 17.0. The zero-order chi connectivity index (χ0) is 48.3. The minimum Gasteiger partial charge on any atom is -0.508 e. The SMILES string of the molecule is CCc1c(F)ccc2cc(O)cc(-c3ncc4c(N5CC6CCC(C5)N6)nc(OCC5(CN6CCC7(CC6)CN(CC6(F)CN(c8cc(F)c(C9CCC(=O)NC9=O)c(F)c8)C6)C7)CC5)nc4c3F)c12. The van der Waals surface area contributed by atoms with E-state index in [1.807, 2.05) is 6.92 Å². The van der Waals surface area contributed by atoms with E-state index in [4.69, 9.17) is 14.7 Å². The van der Waals surface area contributed by atoms with E-state index >= 15 is 22.0 Å². The number of anilines is 2. The monoisotopic (exact) mass is 965 g/mol. The van der Waals surface area contributed by atoms with E-state index in [0.717, 1.165) is 83.4 Å². The fourth-order valence-corrected chi connectivity index (χ4v) is 12.6. The number of aromatic hydroxyl groups is 1. The first-order valence-electron chi connectivity index (χ1n) is 24.8. The van der Waals surface area contributed by atoms with Gasteiger partial charge in [0.05, 0.1) is 31.0 Å². The second-order valence-electron chi connectivity index (χ2n) is 21.6. The van der Waals surface area contributed by atoms with Crippen LogP contribution in [0.15, 0.2) is 42.6 Å². The lowest BCUT2D eigenvalue weighted by Crippen LogP contribution is -2.69. The molecule has 5 aromatic rings. The minimum atomic E-state index is -1.51. The van der Waals surface area contributed by atoms with Crippen LogP contribution in [0.4, 0.5) is 33.5 Å². The Hall–Kier alpha value is -5.72. The summed E-state index contributed by atoms with van der Waals surface area (Å²) in [6.45, 7) is 8.14. The number of rotatable bonds is 12. The normalized spacial score (nSPS) is 24.8. The molecule has 3 N–H and O–H groups in total. The minimum absolute atomic E-state index is 0.00419. The number of phenols is 1. The maximum absolute atomic E-state index is 17.2. The first-order valence-corrected chi connectivity index (χ1v) is 24.8. The fourth-order valence-electron chi connectivity index (χ4n) is 12.6. The number of likely N-dealkylation sites (tertiary alicyclic amines) is 2. The highest BCUT2D eigenvalue weighted by Crippen LogP contribution is 2.49. The standard InChI is InChI=1S/C52H56F5N9O4/c1-2-34-38(53)7-3-29-15-33(67)18-36(42(29)34)45-44(56)46-37(19-58-45)47(65-20-30-4-5-31(21-65)59-30)62-49(61-46)70-28-51(9-10-51)24-63-13-11-50(12-14-63)22-64(23-50)25-52(57)26-66(27-52)32-16-39(54)43(40(55)17-32)35-6-8-41(68)60-48(35)69/h3,7,15-19,30-31,35,59,67H,2,4-6,8-14,20-28H2,1H3,(H,60,68,69). The van der Waals surface area contributed by atoms with Crippen LogP contribution in [0, 0.1) is 34.1 Å². The summed E-state index contributed by atoms with van der Waals surface area (Å²) in [4.78, 5) is 46.5. The van der Waals surface area contributed by atoms with E-state index < -0.39 is 46.7 Å². The fraction of sp³-hybridized carbons (Fsp3) is 0.519. The van der Waals surface area contributed by atoms with Gasteiger partial charge >= 0.3 is 6.01 Å². The number of pyridine rings is 1. The van der Waals surface area contributed by atoms with Gasteiger partial charge in [-0.1, -0.05) is 13.0 Å². The van der Waals surface area contributed by atoms with Crippen molar-refractivity contribution in [2.45, 2.75) is 88.4 Å². The number of phenolic OH excluding ortho intramolecular Hbond substituents is 1. The lowest BCUT2D eigenvalue weighted by Gasteiger charge is -2.57. The van der Waals surface area contributed by atoms with Gasteiger partial charge in [-0.2, -0.15) is 9.97 Å². The summed E-state index contributed by atoms with van der Waals surface area (Å²) in [5.74, 6) is -4.65. The third kappa shape index (κ3) is 8.16. The van der Waals surface area contributed by atoms with E-state index in [1.165, 1.54) is 12.1 Å². The molecule has 6 saturated heterocycles. The van der Waals surface area contributed by atoms with Gasteiger partial charge in [0.2, 0.25) is 11.8 Å². The summed E-state index contributed by atoms with van der Waals surface area (Å²) < 4.78 is 85.2. The average Bonchev–Trinajstić information content (AvgIpc) is 4.00. The van der Waals surface area contributed by atoms with Gasteiger partial charge in [-0.05, 0) is 117 Å². The first-order chi connectivity index (χ1) is 33.7. The molecule has 7 aliphatic rings. The lowest BCUT2D eigenvalue weighted by atomic mass is 9.71. The molecule has 70 heavy (non-hydrogen) atoms. The molecule has 1 saturated carbocycles. The number of imide groups is 1. The van der Waals surface area contributed by atoms with Gasteiger partial charge in [-0.3, -0.25) is 24.8 Å². The van der Waals surface area contributed by atoms with Crippen LogP contribution >= 0.6 is 0 Å². The van der Waals surface area contributed by atoms with E-state index in [-0.39, 0.29) is 95.2 Å². The van der Waals surface area contributed by atoms with Crippen molar-refractivity contribution in [3.8, 4) is 23.0 Å². The van der Waals surface area contributed by atoms with Crippen molar-refractivity contribution in [3.63, 3.8) is 0 Å². The molecule has 1 aliphatic carbocycles. The molecule has 8 heterocycles. The Kier molecular flexibility index (Phi) is 11.0. The number of nitrogens with one attached hydrogen (secondary N) is 2. The molecule has 2 aromatic heterocycles. The van der Waals surface area contributed by atoms with E-state index in [0.29, 0.717) is 53.7 Å². The number of hydrogen-bond donors (Lipinski definition) is 3. The van der Waals surface area contributed by atoms with Crippen LogP contribution in [0.3, 0.4) is 0 Å². The molecule has 3 unspecified atom stereocenters. The second-order valence-corrected chi connectivity index (χ2v) is 21.6. The number of nitrogens with zero attached hydrogens (tertiary/aromatic N) is 7. The van der Waals surface area contributed by atoms with Crippen LogP contribution < -0.4 is 25.2 Å². The van der Waals surface area contributed by atoms with Crippen molar-refractivity contribution in [3.05, 3.63) is 77.0 Å². The molecule has 1 spiro atoms. The Morgan fingerprint density at radius 3 is 2.26 bits per heavy atom. The Balaban J connectivity index is 0.689. The van der Waals surface area contributed by atoms with E-state index in [1.54, 1.807) is 23.2 Å². The summed E-state index contributed by atoms with van der Waals surface area (Å²) in [5, 5.41) is 18.1. The van der Waals surface area contributed by atoms with Crippen molar-refractivity contribution < 1.29 is 41.4 Å². The molecule has 0 radical (unpaired) electrons. The van der Waals surface area contributed by atoms with Crippen LogP contribution in [0.1, 0.15) is 75.3 Å². The highest BCUT2D eigenvalue weighted by atomic mass is 19.2. The van der Waals surface area contributed by atoms with Crippen LogP contribution in [0.2, 0.25) is 0 Å². The van der Waals surface area contributed by atoms with Gasteiger partial charge in [0.1, 0.15) is 40.2 Å². The van der Waals surface area contributed by atoms with Crippen LogP contribution in [0.5, 0.6) is 11.8 Å². The predicted molar refractivity (Wildman–Crippen MR) is 253 cm³/mol. The largest absolute Gasteiger partial charge is 0.508 e. The van der Waals surface area contributed by atoms with Gasteiger partial charge in [0.15, 0.2) is 11.5 Å². The van der Waals surface area contributed by atoms with Gasteiger partial charge in [-0.25, -0.2) is 22.0 Å². The number of hydrogen-bond acceptors (Lipinski definition) is 12. The molecule has 3 atom stereocenters. The van der Waals surface area contributed by atoms with Crippen LogP contribution in [-0.4, -0.2) is 131 Å². The van der Waals surface area contributed by atoms with Crippen molar-refractivity contribution in [2.24, 2.45) is 10.8 Å². The quantitative estimate of drug-likeness (QED) is 0.0885. The summed E-state index contributed by atoms with van der Waals surface area (Å²) in [6, 6.07) is 8.88. The molecular weight excluding hydrogens is 910 g/mol. The predicted octanol–water partition coefficient (Wildman–Crippen LogP) is 6.92. The number of carbonyl (C=O) groups excluding carboxylic acids is 2. The smallest absolute Gasteiger partial charge is 0.319 e. The van der Waals surface area contributed by atoms with E-state index in [9.17, 15) is 14.7 Å². The number of fused-ring (bicyclic) bond motifs is 4. The maximum atomic E-state index is 17.2. The number of amides is 2. The topological polar surface area (TPSA) is 139 Å². The lowest BCUT2D eigenvalue weighted by molar-refractivity contribution is -0.134. The molecule has 3 aromatic carbocycles. The van der Waals surface area contributed by atoms with E-state index in [2.05, 4.69) is 30.3 Å². The zero-order valence-electron chi connectivity index (χ0n) is 39.1. The number of benzene rings is 3. The molecule has 6 aliphatic heterocycles. The van der Waals surface area contributed by atoms with Crippen molar-refractivity contribution in [1.82, 2.24) is 35.4 Å². The molecule has 13 nitrogen and oxygen atoms in total. The number of piperidine rings is 2. The molecule has 2 amide bonds. The Bertz CT molecular complexity index is 2920. The molecule has 12 rings (SSSR count). The molecule has 7 fully saturated rings. The first kappa shape index (κ1) is 45.4. The van der Waals surface area contributed by atoms with Crippen molar-refractivity contribution >= 4 is 45.0 Å². The van der Waals surface area contributed by atoms with Crippen LogP contribution in [0.25, 0.3) is 32.9 Å². The van der Waals surface area contributed by atoms with Gasteiger partial charge < -0.3 is 29.9 Å². The van der Waals surface area contributed by atoms with Crippen molar-refractivity contribution in [2.75, 3.05) is 81.9 Å². The number of aromatic nitrogens is 3. The molecule has 18 heteroatoms. The summed E-state index contributed by atoms with van der Waals surface area (Å²) in [6.07, 6.45) is 8.01. The molecule has 368 valence electrons. The van der Waals surface area contributed by atoms with Gasteiger partial charge in [-0.15, -0.1) is 0 Å². The number of piperazine rings is 1. The van der Waals surface area contributed by atoms with Crippen molar-refractivity contribution in [1.29, 1.82) is 0 Å². The third-order valence-electron chi connectivity index (χ3n) is 16.5. The Morgan fingerprint density at radius 1 is 0.843 bits per heavy atom. The summed E-state index contributed by atoms with van der Waals surface area (Å²) in [7, 11) is 0. The molecule has 2 bridgehead atoms. The summed E-state index contributed by atoms with van der Waals surface area (Å²) in [5.41, 5.74) is -0.911. The number of alkyl halides is 1. The summed E-state index contributed by atoms with van der Waals surface area (Å²) >= 11 is 0. The third-order valence-corrected chi connectivity index (χ3v) is 16.5. The Morgan fingerprint density at radius 2 is 1.57 bits per heavy atom. The number of ether oxygens (including phenoxy) is 1. The number of halogens is 5. The number of aryl methyl sites for hydroxylation is 1. The highest BCUT2D eigenvalue weighted by molar-refractivity contribution is 6.02. The maximum Gasteiger partial charge on any atom is 0.319 e. The average molecular weight is 966 g/mol. The van der Waals surface area contributed by atoms with Crippen LogP contribution in [-0.2, 0) is 16.0 Å². The molecular formula is C52H56F5N9O4.